The lowest BCUT2D eigenvalue weighted by atomic mass is 9.61. The van der Waals surface area contributed by atoms with Gasteiger partial charge in [-0.25, -0.2) is 4.39 Å². The van der Waals surface area contributed by atoms with E-state index in [0.717, 1.165) is 30.5 Å². The fourth-order valence-electron chi connectivity index (χ4n) is 5.51. The Morgan fingerprint density at radius 2 is 2.00 bits per heavy atom. The topological polar surface area (TPSA) is 64.0 Å². The van der Waals surface area contributed by atoms with Gasteiger partial charge in [-0.1, -0.05) is 25.1 Å². The quantitative estimate of drug-likeness (QED) is 0.764. The number of aliphatic carboxylic acids is 1. The van der Waals surface area contributed by atoms with E-state index in [1.165, 1.54) is 17.7 Å². The Morgan fingerprint density at radius 1 is 1.27 bits per heavy atom. The number of piperidine rings is 1. The van der Waals surface area contributed by atoms with E-state index in [0.29, 0.717) is 13.0 Å². The molecule has 6 heteroatoms. The third kappa shape index (κ3) is 3.82. The van der Waals surface area contributed by atoms with Crippen LogP contribution in [0.2, 0.25) is 0 Å². The number of fused-ring (bicyclic) bond motifs is 4. The molecule has 3 atom stereocenters. The van der Waals surface area contributed by atoms with Gasteiger partial charge in [0, 0.05) is 24.0 Å². The van der Waals surface area contributed by atoms with Gasteiger partial charge in [0.2, 0.25) is 0 Å². The number of hydrogen-bond acceptors (Lipinski definition) is 4. The summed E-state index contributed by atoms with van der Waals surface area (Å²) in [6.07, 6.45) is 2.39. The zero-order valence-corrected chi connectivity index (χ0v) is 17.5. The lowest BCUT2D eigenvalue weighted by molar-refractivity contribution is -0.140. The number of rotatable bonds is 6. The third-order valence-corrected chi connectivity index (χ3v) is 7.04. The highest BCUT2D eigenvalue weighted by Crippen LogP contribution is 2.47. The predicted molar refractivity (Wildman–Crippen MR) is 113 cm³/mol. The molecule has 4 rings (SSSR count). The predicted octanol–water partition coefficient (Wildman–Crippen LogP) is 3.05. The number of phenols is 1. The highest BCUT2D eigenvalue weighted by Gasteiger charge is 2.52. The van der Waals surface area contributed by atoms with Crippen LogP contribution >= 0.6 is 0 Å². The van der Waals surface area contributed by atoms with Crippen LogP contribution in [-0.4, -0.2) is 64.7 Å². The second-order valence-corrected chi connectivity index (χ2v) is 8.95. The molecule has 0 aromatic heterocycles. The minimum Gasteiger partial charge on any atom is -0.508 e. The number of aromatic hydroxyl groups is 1. The molecule has 0 spiro atoms. The Kier molecular flexibility index (Phi) is 5.55. The minimum absolute atomic E-state index is 0.0158. The molecule has 2 aromatic rings. The fourth-order valence-corrected chi connectivity index (χ4v) is 5.51. The molecule has 0 radical (unpaired) electrons. The first-order valence-corrected chi connectivity index (χ1v) is 10.5. The Labute approximate surface area is 176 Å². The van der Waals surface area contributed by atoms with Gasteiger partial charge in [-0.3, -0.25) is 9.69 Å². The molecule has 1 heterocycles. The average Bonchev–Trinajstić information content (AvgIpc) is 2.70. The van der Waals surface area contributed by atoms with Gasteiger partial charge in [0.15, 0.2) is 0 Å². The summed E-state index contributed by atoms with van der Waals surface area (Å²) in [6, 6.07) is 12.2. The Balaban J connectivity index is 1.69. The normalized spacial score (nSPS) is 25.9. The molecule has 1 saturated heterocycles. The summed E-state index contributed by atoms with van der Waals surface area (Å²) in [5.74, 6) is -0.865. The van der Waals surface area contributed by atoms with E-state index in [1.807, 2.05) is 12.1 Å². The van der Waals surface area contributed by atoms with Gasteiger partial charge in [0.05, 0.1) is 6.54 Å². The van der Waals surface area contributed by atoms with E-state index in [4.69, 9.17) is 0 Å². The molecule has 1 aliphatic heterocycles. The molecular weight excluding hydrogens is 383 g/mol. The molecule has 160 valence electrons. The van der Waals surface area contributed by atoms with Crippen LogP contribution in [0.25, 0.3) is 0 Å². The van der Waals surface area contributed by atoms with Crippen molar-refractivity contribution in [3.63, 3.8) is 0 Å². The molecule has 1 fully saturated rings. The number of carboxylic acids is 1. The summed E-state index contributed by atoms with van der Waals surface area (Å²) in [5, 5.41) is 19.8. The highest BCUT2D eigenvalue weighted by molar-refractivity contribution is 5.69. The van der Waals surface area contributed by atoms with E-state index in [9.17, 15) is 19.4 Å². The molecule has 0 amide bonds. The van der Waals surface area contributed by atoms with Gasteiger partial charge in [0.1, 0.15) is 11.6 Å². The van der Waals surface area contributed by atoms with Crippen LogP contribution in [0.15, 0.2) is 42.5 Å². The smallest absolute Gasteiger partial charge is 0.317 e. The first kappa shape index (κ1) is 20.8. The van der Waals surface area contributed by atoms with Crippen molar-refractivity contribution in [3.05, 3.63) is 65.0 Å². The average molecular weight is 413 g/mol. The molecule has 2 aromatic carbocycles. The van der Waals surface area contributed by atoms with Crippen molar-refractivity contribution in [2.45, 2.75) is 43.7 Å². The largest absolute Gasteiger partial charge is 0.508 e. The lowest BCUT2D eigenvalue weighted by Gasteiger charge is -2.58. The Hall–Kier alpha value is -2.44. The summed E-state index contributed by atoms with van der Waals surface area (Å²) in [4.78, 5) is 16.2. The van der Waals surface area contributed by atoms with E-state index >= 15 is 0 Å². The monoisotopic (exact) mass is 412 g/mol. The van der Waals surface area contributed by atoms with Gasteiger partial charge in [-0.2, -0.15) is 0 Å². The SMILES string of the molecule is CN1CC[C@@]2(C)c3cc(O)ccc3C[C@@H]1[C@@H]2N(CCc1ccc(F)cc1)CC(=O)O. The zero-order valence-electron chi connectivity index (χ0n) is 17.5. The van der Waals surface area contributed by atoms with Gasteiger partial charge >= 0.3 is 5.97 Å². The second kappa shape index (κ2) is 8.00. The van der Waals surface area contributed by atoms with Crippen LogP contribution in [0, 0.1) is 5.82 Å². The number of carboxylic acid groups (broad SMARTS) is 1. The lowest BCUT2D eigenvalue weighted by Crippen LogP contribution is -2.67. The summed E-state index contributed by atoms with van der Waals surface area (Å²) >= 11 is 0. The van der Waals surface area contributed by atoms with E-state index in [1.54, 1.807) is 18.2 Å². The zero-order chi connectivity index (χ0) is 21.5. The number of phenolic OH excluding ortho intramolecular Hbond substituents is 1. The summed E-state index contributed by atoms with van der Waals surface area (Å²) in [6.45, 7) is 3.68. The molecular formula is C24H29FN2O3. The molecule has 0 unspecified atom stereocenters. The minimum atomic E-state index is -0.847. The first-order valence-electron chi connectivity index (χ1n) is 10.5. The maximum atomic E-state index is 13.3. The first-order chi connectivity index (χ1) is 14.3. The number of likely N-dealkylation sites (tertiary alicyclic amines) is 1. The van der Waals surface area contributed by atoms with Crippen molar-refractivity contribution in [2.24, 2.45) is 0 Å². The van der Waals surface area contributed by atoms with Crippen LogP contribution in [0.5, 0.6) is 5.75 Å². The molecule has 5 nitrogen and oxygen atoms in total. The fraction of sp³-hybridized carbons (Fsp3) is 0.458. The van der Waals surface area contributed by atoms with Crippen molar-refractivity contribution in [1.29, 1.82) is 0 Å². The molecule has 2 N–H and O–H groups in total. The van der Waals surface area contributed by atoms with Crippen molar-refractivity contribution in [3.8, 4) is 5.75 Å². The van der Waals surface area contributed by atoms with E-state index < -0.39 is 5.97 Å². The number of benzene rings is 2. The molecule has 0 saturated carbocycles. The van der Waals surface area contributed by atoms with Crippen molar-refractivity contribution in [1.82, 2.24) is 9.80 Å². The van der Waals surface area contributed by atoms with Crippen LogP contribution < -0.4 is 0 Å². The van der Waals surface area contributed by atoms with Crippen molar-refractivity contribution >= 4 is 5.97 Å². The third-order valence-electron chi connectivity index (χ3n) is 7.04. The highest BCUT2D eigenvalue weighted by atomic mass is 19.1. The van der Waals surface area contributed by atoms with Crippen LogP contribution in [0.1, 0.15) is 30.0 Å². The van der Waals surface area contributed by atoms with Crippen molar-refractivity contribution < 1.29 is 19.4 Å². The maximum Gasteiger partial charge on any atom is 0.317 e. The van der Waals surface area contributed by atoms with Gasteiger partial charge in [0.25, 0.3) is 0 Å². The van der Waals surface area contributed by atoms with Crippen LogP contribution in [-0.2, 0) is 23.1 Å². The van der Waals surface area contributed by atoms with E-state index in [2.05, 4.69) is 23.8 Å². The molecule has 2 aliphatic rings. The standard InChI is InChI=1S/C24H29FN2O3/c1-24-10-12-26(2)21(13-17-5-8-19(28)14-20(17)24)23(24)27(15-22(29)30)11-9-16-3-6-18(25)7-4-16/h3-8,14,21,23,28H,9-13,15H2,1-2H3,(H,29,30)/t21-,23+,24+/m1/s1. The number of carbonyl (C=O) groups is 1. The Morgan fingerprint density at radius 3 is 2.70 bits per heavy atom. The summed E-state index contributed by atoms with van der Waals surface area (Å²) in [7, 11) is 2.11. The molecule has 2 bridgehead atoms. The Bertz CT molecular complexity index is 933. The summed E-state index contributed by atoms with van der Waals surface area (Å²) in [5.41, 5.74) is 3.11. The van der Waals surface area contributed by atoms with Crippen molar-refractivity contribution in [2.75, 3.05) is 26.7 Å². The summed E-state index contributed by atoms with van der Waals surface area (Å²) < 4.78 is 13.3. The van der Waals surface area contributed by atoms with E-state index in [-0.39, 0.29) is 35.6 Å². The number of likely N-dealkylation sites (N-methyl/N-ethyl adjacent to an activating group) is 1. The number of hydrogen-bond donors (Lipinski definition) is 2. The number of nitrogens with zero attached hydrogens (tertiary/aromatic N) is 2. The second-order valence-electron chi connectivity index (χ2n) is 8.95. The maximum absolute atomic E-state index is 13.3. The van der Waals surface area contributed by atoms with Gasteiger partial charge in [-0.05, 0) is 73.8 Å². The van der Waals surface area contributed by atoms with Gasteiger partial charge in [-0.15, -0.1) is 0 Å². The van der Waals surface area contributed by atoms with Gasteiger partial charge < -0.3 is 15.1 Å². The number of halogens is 1. The van der Waals surface area contributed by atoms with Crippen LogP contribution in [0.4, 0.5) is 4.39 Å². The molecule has 30 heavy (non-hydrogen) atoms. The molecule has 1 aliphatic carbocycles. The van der Waals surface area contributed by atoms with Crippen LogP contribution in [0.3, 0.4) is 0 Å².